The van der Waals surface area contributed by atoms with Gasteiger partial charge in [-0.25, -0.2) is 9.37 Å². The van der Waals surface area contributed by atoms with Crippen LogP contribution in [-0.4, -0.2) is 59.3 Å². The van der Waals surface area contributed by atoms with Gasteiger partial charge in [-0.05, 0) is 48.0 Å². The normalized spacial score (nSPS) is 14.0. The third-order valence-electron chi connectivity index (χ3n) is 5.59. The first kappa shape index (κ1) is 23.7. The SMILES string of the molecule is N#CCc1cc(F)ccc1Nc1ccnc(Nc2ccc(N3CCN(CCO)CC3)c(Cl)c2)n1. The Morgan fingerprint density at radius 1 is 1.09 bits per heavy atom. The Labute approximate surface area is 202 Å². The average Bonchev–Trinajstić information content (AvgIpc) is 2.82. The minimum absolute atomic E-state index is 0.0810. The van der Waals surface area contributed by atoms with Crippen LogP contribution < -0.4 is 15.5 Å². The first-order valence-electron chi connectivity index (χ1n) is 11.0. The second-order valence-electron chi connectivity index (χ2n) is 7.87. The molecule has 0 amide bonds. The lowest BCUT2D eigenvalue weighted by Gasteiger charge is -2.36. The molecule has 2 heterocycles. The number of anilines is 5. The summed E-state index contributed by atoms with van der Waals surface area (Å²) in [7, 11) is 0. The Balaban J connectivity index is 1.44. The van der Waals surface area contributed by atoms with E-state index in [-0.39, 0.29) is 13.0 Å². The van der Waals surface area contributed by atoms with Gasteiger partial charge < -0.3 is 20.6 Å². The monoisotopic (exact) mass is 481 g/mol. The molecule has 0 atom stereocenters. The molecule has 0 aliphatic carbocycles. The Kier molecular flexibility index (Phi) is 7.75. The van der Waals surface area contributed by atoms with Crippen molar-refractivity contribution in [2.24, 2.45) is 0 Å². The van der Waals surface area contributed by atoms with Gasteiger partial charge in [0, 0.05) is 50.3 Å². The molecule has 3 N–H and O–H groups in total. The van der Waals surface area contributed by atoms with E-state index < -0.39 is 5.82 Å². The van der Waals surface area contributed by atoms with Gasteiger partial charge >= 0.3 is 0 Å². The molecule has 0 radical (unpaired) electrons. The van der Waals surface area contributed by atoms with E-state index in [2.05, 4.69) is 30.4 Å². The van der Waals surface area contributed by atoms with Gasteiger partial charge in [-0.3, -0.25) is 4.90 Å². The van der Waals surface area contributed by atoms with Crippen LogP contribution in [0.5, 0.6) is 0 Å². The molecule has 176 valence electrons. The van der Waals surface area contributed by atoms with Crippen LogP contribution in [0.4, 0.5) is 33.2 Å². The number of nitrogens with zero attached hydrogens (tertiary/aromatic N) is 5. The third-order valence-corrected chi connectivity index (χ3v) is 5.89. The molecule has 1 fully saturated rings. The number of nitriles is 1. The molecule has 0 spiro atoms. The summed E-state index contributed by atoms with van der Waals surface area (Å²) in [5.74, 6) is 0.482. The van der Waals surface area contributed by atoms with Crippen molar-refractivity contribution in [1.82, 2.24) is 14.9 Å². The highest BCUT2D eigenvalue weighted by atomic mass is 35.5. The Hall–Kier alpha value is -3.45. The third kappa shape index (κ3) is 5.91. The van der Waals surface area contributed by atoms with E-state index in [9.17, 15) is 4.39 Å². The highest BCUT2D eigenvalue weighted by molar-refractivity contribution is 6.33. The van der Waals surface area contributed by atoms with Crippen molar-refractivity contribution in [3.05, 3.63) is 65.1 Å². The zero-order chi connectivity index (χ0) is 23.9. The Morgan fingerprint density at radius 3 is 2.65 bits per heavy atom. The molecule has 1 aliphatic rings. The molecule has 1 saturated heterocycles. The van der Waals surface area contributed by atoms with E-state index in [1.807, 2.05) is 24.3 Å². The number of halogens is 2. The Bertz CT molecular complexity index is 1180. The van der Waals surface area contributed by atoms with Gasteiger partial charge in [0.05, 0.1) is 29.8 Å². The second kappa shape index (κ2) is 11.1. The molecule has 1 aliphatic heterocycles. The molecular weight excluding hydrogens is 457 g/mol. The predicted octanol–water partition coefficient (Wildman–Crippen LogP) is 3.94. The van der Waals surface area contributed by atoms with E-state index in [1.165, 1.54) is 12.1 Å². The zero-order valence-electron chi connectivity index (χ0n) is 18.5. The van der Waals surface area contributed by atoms with Crippen molar-refractivity contribution in [2.75, 3.05) is 54.9 Å². The molecule has 34 heavy (non-hydrogen) atoms. The van der Waals surface area contributed by atoms with Gasteiger partial charge in [0.1, 0.15) is 11.6 Å². The first-order valence-corrected chi connectivity index (χ1v) is 11.3. The number of aliphatic hydroxyl groups excluding tert-OH is 1. The van der Waals surface area contributed by atoms with Crippen LogP contribution in [0.25, 0.3) is 0 Å². The molecule has 0 bridgehead atoms. The summed E-state index contributed by atoms with van der Waals surface area (Å²) < 4.78 is 13.5. The average molecular weight is 482 g/mol. The lowest BCUT2D eigenvalue weighted by Crippen LogP contribution is -2.47. The van der Waals surface area contributed by atoms with Crippen LogP contribution in [0.15, 0.2) is 48.7 Å². The van der Waals surface area contributed by atoms with E-state index in [4.69, 9.17) is 22.0 Å². The summed E-state index contributed by atoms with van der Waals surface area (Å²) in [6.07, 6.45) is 1.69. The predicted molar refractivity (Wildman–Crippen MR) is 132 cm³/mol. The number of benzene rings is 2. The maximum Gasteiger partial charge on any atom is 0.229 e. The van der Waals surface area contributed by atoms with Crippen molar-refractivity contribution >= 4 is 40.4 Å². The molecule has 0 saturated carbocycles. The number of aromatic nitrogens is 2. The molecule has 2 aromatic carbocycles. The van der Waals surface area contributed by atoms with E-state index in [0.717, 1.165) is 37.6 Å². The standard InChI is InChI=1S/C24H25ClFN7O/c25-20-16-19(2-4-22(20)33-11-9-32(10-12-33)13-14-34)29-24-28-8-6-23(31-24)30-21-3-1-18(26)15-17(21)5-7-27/h1-4,6,8,15-16,34H,5,9-14H2,(H2,28,29,30,31). The number of hydrogen-bond donors (Lipinski definition) is 3. The Morgan fingerprint density at radius 2 is 1.91 bits per heavy atom. The molecule has 1 aromatic heterocycles. The van der Waals surface area contributed by atoms with Crippen LogP contribution >= 0.6 is 11.6 Å². The van der Waals surface area contributed by atoms with Crippen LogP contribution in [-0.2, 0) is 6.42 Å². The minimum Gasteiger partial charge on any atom is -0.395 e. The fourth-order valence-corrected chi connectivity index (χ4v) is 4.17. The van der Waals surface area contributed by atoms with Crippen LogP contribution in [0, 0.1) is 17.1 Å². The van der Waals surface area contributed by atoms with Crippen molar-refractivity contribution in [3.63, 3.8) is 0 Å². The molecular formula is C24H25ClFN7O. The van der Waals surface area contributed by atoms with E-state index in [1.54, 1.807) is 18.3 Å². The second-order valence-corrected chi connectivity index (χ2v) is 8.28. The maximum absolute atomic E-state index is 13.5. The van der Waals surface area contributed by atoms with E-state index in [0.29, 0.717) is 34.6 Å². The van der Waals surface area contributed by atoms with Gasteiger partial charge in [-0.1, -0.05) is 11.6 Å². The lowest BCUT2D eigenvalue weighted by molar-refractivity contribution is 0.189. The summed E-state index contributed by atoms with van der Waals surface area (Å²) in [5.41, 5.74) is 2.87. The van der Waals surface area contributed by atoms with E-state index >= 15 is 0 Å². The topological polar surface area (TPSA) is 100 Å². The van der Waals surface area contributed by atoms with Crippen molar-refractivity contribution in [2.45, 2.75) is 6.42 Å². The number of hydrogen-bond acceptors (Lipinski definition) is 8. The summed E-state index contributed by atoms with van der Waals surface area (Å²) >= 11 is 6.58. The van der Waals surface area contributed by atoms with Crippen molar-refractivity contribution in [3.8, 4) is 6.07 Å². The molecule has 8 nitrogen and oxygen atoms in total. The summed E-state index contributed by atoms with van der Waals surface area (Å²) in [6, 6.07) is 13.7. The lowest BCUT2D eigenvalue weighted by atomic mass is 10.1. The van der Waals surface area contributed by atoms with Crippen LogP contribution in [0.1, 0.15) is 5.56 Å². The van der Waals surface area contributed by atoms with Crippen LogP contribution in [0.3, 0.4) is 0 Å². The number of aliphatic hydroxyl groups is 1. The highest BCUT2D eigenvalue weighted by Gasteiger charge is 2.18. The number of piperazine rings is 1. The molecule has 10 heteroatoms. The van der Waals surface area contributed by atoms with Gasteiger partial charge in [0.25, 0.3) is 0 Å². The van der Waals surface area contributed by atoms with Gasteiger partial charge in [-0.15, -0.1) is 0 Å². The fraction of sp³-hybridized carbons (Fsp3) is 0.292. The summed E-state index contributed by atoms with van der Waals surface area (Å²) in [5, 5.41) is 25.0. The number of rotatable bonds is 8. The van der Waals surface area contributed by atoms with Gasteiger partial charge in [0.15, 0.2) is 0 Å². The molecule has 0 unspecified atom stereocenters. The molecule has 4 rings (SSSR count). The van der Waals surface area contributed by atoms with Gasteiger partial charge in [0.2, 0.25) is 5.95 Å². The zero-order valence-corrected chi connectivity index (χ0v) is 19.3. The molecule has 3 aromatic rings. The first-order chi connectivity index (χ1) is 16.6. The number of nitrogens with one attached hydrogen (secondary N) is 2. The fourth-order valence-electron chi connectivity index (χ4n) is 3.87. The maximum atomic E-state index is 13.5. The number of β-amino-alcohol motifs (C(OH)–C–C–N with tert-alkyl or cyclic N) is 1. The van der Waals surface area contributed by atoms with Crippen molar-refractivity contribution in [1.29, 1.82) is 5.26 Å². The largest absolute Gasteiger partial charge is 0.395 e. The van der Waals surface area contributed by atoms with Gasteiger partial charge in [-0.2, -0.15) is 10.2 Å². The van der Waals surface area contributed by atoms with Crippen LogP contribution in [0.2, 0.25) is 5.02 Å². The summed E-state index contributed by atoms with van der Waals surface area (Å²) in [4.78, 5) is 13.2. The smallest absolute Gasteiger partial charge is 0.229 e. The van der Waals surface area contributed by atoms with Crippen molar-refractivity contribution < 1.29 is 9.50 Å². The minimum atomic E-state index is -0.395. The quantitative estimate of drug-likeness (QED) is 0.445. The highest BCUT2D eigenvalue weighted by Crippen LogP contribution is 2.31. The summed E-state index contributed by atoms with van der Waals surface area (Å²) in [6.45, 7) is 4.33.